The molecule has 13 heterocycles. The van der Waals surface area contributed by atoms with Gasteiger partial charge < -0.3 is 84.2 Å². The van der Waals surface area contributed by atoms with E-state index < -0.39 is 93.2 Å². The number of fused-ring (bicyclic) bond motifs is 4. The summed E-state index contributed by atoms with van der Waals surface area (Å²) in [5.41, 5.74) is 6.20. The van der Waals surface area contributed by atoms with Crippen molar-refractivity contribution in [2.24, 2.45) is 0 Å². The summed E-state index contributed by atoms with van der Waals surface area (Å²) < 4.78 is 147. The molecule has 1 fully saturated rings. The zero-order chi connectivity index (χ0) is 97.1. The molecule has 19 rings (SSSR count). The third-order valence-electron chi connectivity index (χ3n) is 20.7. The average molecular weight is 1880 g/mol. The van der Waals surface area contributed by atoms with E-state index in [1.165, 1.54) is 84.6 Å². The minimum Gasteiger partial charge on any atom is -0.463 e. The Labute approximate surface area is 770 Å². The van der Waals surface area contributed by atoms with Gasteiger partial charge in [0, 0.05) is 161 Å². The Balaban J connectivity index is 0.000000132. The molecule has 0 atom stereocenters. The van der Waals surface area contributed by atoms with Gasteiger partial charge in [-0.15, -0.1) is 0 Å². The lowest BCUT2D eigenvalue weighted by Crippen LogP contribution is -2.24. The fourth-order valence-corrected chi connectivity index (χ4v) is 14.1. The summed E-state index contributed by atoms with van der Waals surface area (Å²) in [6.07, 6.45) is 12.0. The van der Waals surface area contributed by atoms with Gasteiger partial charge in [-0.1, -0.05) is 36.4 Å². The van der Waals surface area contributed by atoms with Crippen molar-refractivity contribution in [3.8, 4) is 69.2 Å². The molecule has 1 aliphatic carbocycles. The molecule has 0 radical (unpaired) electrons. The van der Waals surface area contributed by atoms with Crippen LogP contribution in [0.3, 0.4) is 0 Å². The lowest BCUT2D eigenvalue weighted by molar-refractivity contribution is 0.0817. The van der Waals surface area contributed by atoms with Crippen molar-refractivity contribution in [1.82, 2.24) is 120 Å². The SMILES string of the molecule is C/C=C/c1cc(Nc2ncnc(Oc3cc(F)c4[nH]c(C)cc4c3F)c2C(=O)N(C)C)n[nH]1.Cc1cc2c(F)c(Oc3ncnc(Nc4cc(-c5ccccc5)[nH]n4)c3C(=O)N(C)C)cc(F)c2[nH]1.Cc1cc2c(F)c(Oc3ncnc(Nc4cc(-c5ccco5)[nH]n4)c3C(=O)N(C)C)cc(F)c2[nH]1.Cc1cc2c(F)c(Oc3ncnc(Nc4cc(C5CC5)[nH]n4)c3C(=O)N(C)C)cc(F)c2[nH]1. The number of aryl methyl sites for hydroxylation is 4. The molecule has 18 aromatic rings. The number of carbonyl (C=O) groups excluding carboxylic acids is 4. The van der Waals surface area contributed by atoms with Crippen LogP contribution in [-0.2, 0) is 0 Å². The summed E-state index contributed by atoms with van der Waals surface area (Å²) in [7, 11) is 12.3. The maximum atomic E-state index is 15.2. The van der Waals surface area contributed by atoms with Crippen LogP contribution in [0.25, 0.3) is 72.4 Å². The number of hydrogen-bond donors (Lipinski definition) is 12. The summed E-state index contributed by atoms with van der Waals surface area (Å²) in [6.45, 7) is 8.62. The molecule has 700 valence electrons. The largest absolute Gasteiger partial charge is 0.463 e. The minimum atomic E-state index is -0.794. The molecule has 137 heavy (non-hydrogen) atoms. The van der Waals surface area contributed by atoms with Crippen LogP contribution in [0, 0.1) is 74.2 Å². The van der Waals surface area contributed by atoms with Gasteiger partial charge in [-0.2, -0.15) is 20.4 Å². The third-order valence-corrected chi connectivity index (χ3v) is 20.7. The molecule has 13 aromatic heterocycles. The highest BCUT2D eigenvalue weighted by Crippen LogP contribution is 2.44. The zero-order valence-electron chi connectivity index (χ0n) is 74.9. The van der Waals surface area contributed by atoms with E-state index >= 15 is 17.6 Å². The van der Waals surface area contributed by atoms with Crippen molar-refractivity contribution >= 4 is 120 Å². The van der Waals surface area contributed by atoms with Crippen molar-refractivity contribution in [2.75, 3.05) is 77.6 Å². The Morgan fingerprint density at radius 2 is 0.708 bits per heavy atom. The number of benzene rings is 5. The van der Waals surface area contributed by atoms with Gasteiger partial charge in [-0.3, -0.25) is 39.6 Å². The van der Waals surface area contributed by atoms with Crippen LogP contribution < -0.4 is 40.2 Å². The molecule has 45 heteroatoms. The Kier molecular flexibility index (Phi) is 26.3. The van der Waals surface area contributed by atoms with Crippen molar-refractivity contribution in [3.05, 3.63) is 256 Å². The van der Waals surface area contributed by atoms with Crippen LogP contribution in [0.5, 0.6) is 46.5 Å². The fraction of sp³-hybridized carbons (Fsp3) is 0.174. The number of H-pyrrole nitrogens is 8. The van der Waals surface area contributed by atoms with Crippen molar-refractivity contribution in [2.45, 2.75) is 53.4 Å². The predicted octanol–water partition coefficient (Wildman–Crippen LogP) is 18.9. The number of carbonyl (C=O) groups is 4. The molecule has 0 unspecified atom stereocenters. The number of aromatic nitrogens is 20. The van der Waals surface area contributed by atoms with Crippen molar-refractivity contribution in [1.29, 1.82) is 0 Å². The van der Waals surface area contributed by atoms with Crippen LogP contribution in [0.15, 0.2) is 157 Å². The molecule has 0 spiro atoms. The van der Waals surface area contributed by atoms with Crippen LogP contribution in [0.2, 0.25) is 0 Å². The molecule has 37 nitrogen and oxygen atoms in total. The molecular formula is C92H82F8N28O9. The maximum absolute atomic E-state index is 15.2. The monoisotopic (exact) mass is 1870 g/mol. The van der Waals surface area contributed by atoms with Gasteiger partial charge in [0.25, 0.3) is 23.6 Å². The molecule has 12 N–H and O–H groups in total. The number of hydrogen-bond acceptors (Lipinski definition) is 25. The number of amides is 4. The molecule has 4 amide bonds. The minimum absolute atomic E-state index is 0.0207. The lowest BCUT2D eigenvalue weighted by Gasteiger charge is -2.17. The van der Waals surface area contributed by atoms with Gasteiger partial charge in [0.15, 0.2) is 122 Å². The van der Waals surface area contributed by atoms with E-state index in [0.29, 0.717) is 63.4 Å². The molecule has 1 aliphatic rings. The highest BCUT2D eigenvalue weighted by Gasteiger charge is 2.33. The summed E-state index contributed by atoms with van der Waals surface area (Å²) in [6, 6.07) is 29.5. The van der Waals surface area contributed by atoms with E-state index in [-0.39, 0.29) is 113 Å². The van der Waals surface area contributed by atoms with Gasteiger partial charge in [-0.05, 0) is 95.5 Å². The first-order valence-electron chi connectivity index (χ1n) is 41.6. The first-order valence-corrected chi connectivity index (χ1v) is 41.6. The first kappa shape index (κ1) is 92.4. The number of furan rings is 1. The van der Waals surface area contributed by atoms with Gasteiger partial charge >= 0.3 is 0 Å². The van der Waals surface area contributed by atoms with Crippen LogP contribution >= 0.6 is 0 Å². The number of halogens is 8. The van der Waals surface area contributed by atoms with Crippen LogP contribution in [0.4, 0.5) is 81.7 Å². The van der Waals surface area contributed by atoms with E-state index in [1.54, 1.807) is 86.2 Å². The second-order valence-electron chi connectivity index (χ2n) is 31.8. The Hall–Kier alpha value is -17.8. The Morgan fingerprint density at radius 3 is 1.04 bits per heavy atom. The predicted molar refractivity (Wildman–Crippen MR) is 490 cm³/mol. The molecule has 0 bridgehead atoms. The highest BCUT2D eigenvalue weighted by atomic mass is 19.2. The third kappa shape index (κ3) is 19.9. The van der Waals surface area contributed by atoms with Crippen molar-refractivity contribution in [3.63, 3.8) is 0 Å². The van der Waals surface area contributed by atoms with Gasteiger partial charge in [0.2, 0.25) is 23.5 Å². The van der Waals surface area contributed by atoms with Gasteiger partial charge in [-0.25, -0.2) is 75.0 Å². The standard InChI is InChI=1S/C25H21F2N7O2.C23H19F2N7O3.2C22H21F2N7O2/c1-13-9-15-21(27)18(10-16(26)22(15)30-13)36-24-20(25(35)34(2)3)23(28-12-29-24)31-19-11-17(32-33-19)14-7-5-4-6-8-14;1-11-7-12-19(25)16(8-13(24)20(12)28-11)35-22-18(23(33)32(2)3)21(26-10-27-22)29-17-9-14(30-31-17)15-5-4-6-34-15;1-10-6-12-18(24)15(7-13(23)19(12)27-10)33-21-17(22(32)31(2)3)20(25-9-26-21)28-16-8-14(29-30-16)11-4-5-11;1-5-6-12-8-16(30-29-12)28-20-17(22(32)31(3)4)21(26-10-25-20)33-15-9-14(23)19-13(18(15)24)7-11(2)27-19/h4-12,30H,1-3H3,(H2,28,29,31,32,33);4-10,28H,1-3H3,(H2,26,27,29,30,31);6-9,11,27H,4-5H2,1-3H3,(H2,25,26,28,29,30);5-10,27H,1-4H3,(H2,25,26,28,29,30)/b;;;6-5+. The summed E-state index contributed by atoms with van der Waals surface area (Å²) in [5.74, 6) is -7.57. The number of anilines is 8. The molecular weight excluding hydrogens is 1790 g/mol. The number of aromatic amines is 8. The van der Waals surface area contributed by atoms with E-state index in [0.717, 1.165) is 78.7 Å². The van der Waals surface area contributed by atoms with Gasteiger partial charge in [0.1, 0.15) is 53.3 Å². The van der Waals surface area contributed by atoms with E-state index in [9.17, 15) is 36.7 Å². The number of allylic oxidation sites excluding steroid dienone is 1. The maximum Gasteiger partial charge on any atom is 0.262 e. The fourth-order valence-electron chi connectivity index (χ4n) is 14.1. The quantitative estimate of drug-likeness (QED) is 0.0250. The second-order valence-corrected chi connectivity index (χ2v) is 31.8. The van der Waals surface area contributed by atoms with E-state index in [4.69, 9.17) is 23.4 Å². The zero-order valence-corrected chi connectivity index (χ0v) is 74.9. The Bertz CT molecular complexity index is 7640. The molecule has 0 aliphatic heterocycles. The van der Waals surface area contributed by atoms with E-state index in [2.05, 4.69) is 122 Å². The van der Waals surface area contributed by atoms with Crippen LogP contribution in [0.1, 0.15) is 101 Å². The number of nitrogens with one attached hydrogen (secondary N) is 12. The molecule has 1 saturated carbocycles. The Morgan fingerprint density at radius 1 is 0.387 bits per heavy atom. The average Bonchev–Trinajstić information content (AvgIpc) is 1.68. The smallest absolute Gasteiger partial charge is 0.262 e. The summed E-state index contributed by atoms with van der Waals surface area (Å²) in [4.78, 5) is 101. The molecule has 5 aromatic carbocycles. The first-order chi connectivity index (χ1) is 65.7. The number of nitrogens with zero attached hydrogens (tertiary/aromatic N) is 16. The van der Waals surface area contributed by atoms with Gasteiger partial charge in [0.05, 0.1) is 39.7 Å². The second kappa shape index (κ2) is 38.9. The topological polar surface area (TPSA) is 460 Å². The normalized spacial score (nSPS) is 11.7. The highest BCUT2D eigenvalue weighted by molar-refractivity contribution is 6.04. The number of ether oxygens (including phenoxy) is 4. The molecule has 0 saturated heterocycles. The van der Waals surface area contributed by atoms with Crippen LogP contribution in [-0.4, -0.2) is 200 Å². The number of rotatable bonds is 24. The van der Waals surface area contributed by atoms with Crippen molar-refractivity contribution < 1.29 is 77.7 Å². The van der Waals surface area contributed by atoms with E-state index in [1.807, 2.05) is 55.5 Å². The summed E-state index contributed by atoms with van der Waals surface area (Å²) in [5, 5.41) is 40.3. The lowest BCUT2D eigenvalue weighted by atomic mass is 10.1. The summed E-state index contributed by atoms with van der Waals surface area (Å²) >= 11 is 0.